The predicted octanol–water partition coefficient (Wildman–Crippen LogP) is 0.815. The molecule has 0 unspecified atom stereocenters. The van der Waals surface area contributed by atoms with E-state index in [1.54, 1.807) is 0 Å². The maximum Gasteiger partial charge on any atom is 0.278 e. The molecule has 1 heterocycles. The Morgan fingerprint density at radius 3 is 2.35 bits per heavy atom. The average molecular weight is 318 g/mol. The summed E-state index contributed by atoms with van der Waals surface area (Å²) in [7, 11) is 0. The van der Waals surface area contributed by atoms with Crippen molar-refractivity contribution in [3.63, 3.8) is 0 Å². The Hall–Kier alpha value is -1.88. The molecule has 23 heavy (non-hydrogen) atoms. The van der Waals surface area contributed by atoms with E-state index in [4.69, 9.17) is 0 Å². The van der Waals surface area contributed by atoms with Gasteiger partial charge in [0.1, 0.15) is 0 Å². The zero-order chi connectivity index (χ0) is 16.8. The SMILES string of the molecule is Cc1cccc(C)c1NC(=O)CNC(=O)[C@H](C)[NH+]1CCCCC1. The number of nitrogens with one attached hydrogen (secondary N) is 3. The highest BCUT2D eigenvalue weighted by molar-refractivity contribution is 5.96. The zero-order valence-corrected chi connectivity index (χ0v) is 14.4. The van der Waals surface area contributed by atoms with Crippen molar-refractivity contribution in [3.8, 4) is 0 Å². The lowest BCUT2D eigenvalue weighted by Gasteiger charge is -2.28. The van der Waals surface area contributed by atoms with Crippen LogP contribution in [0.3, 0.4) is 0 Å². The first-order chi connectivity index (χ1) is 11.0. The third-order valence-corrected chi connectivity index (χ3v) is 4.67. The van der Waals surface area contributed by atoms with Crippen LogP contribution in [0.5, 0.6) is 0 Å². The van der Waals surface area contributed by atoms with Crippen molar-refractivity contribution in [2.75, 3.05) is 25.0 Å². The number of amides is 2. The highest BCUT2D eigenvalue weighted by Crippen LogP contribution is 2.18. The Bertz CT molecular complexity index is 545. The first kappa shape index (κ1) is 17.5. The third kappa shape index (κ3) is 4.79. The van der Waals surface area contributed by atoms with Crippen molar-refractivity contribution < 1.29 is 14.5 Å². The Balaban J connectivity index is 1.82. The second-order valence-electron chi connectivity index (χ2n) is 6.47. The molecule has 3 N–H and O–H groups in total. The normalized spacial score (nSPS) is 16.7. The van der Waals surface area contributed by atoms with E-state index in [1.807, 2.05) is 39.0 Å². The van der Waals surface area contributed by atoms with Crippen molar-refractivity contribution in [3.05, 3.63) is 29.3 Å². The minimum atomic E-state index is -0.184. The topological polar surface area (TPSA) is 62.6 Å². The maximum atomic E-state index is 12.2. The van der Waals surface area contributed by atoms with Crippen LogP contribution >= 0.6 is 0 Å². The number of carbonyl (C=O) groups is 2. The summed E-state index contributed by atoms with van der Waals surface area (Å²) >= 11 is 0. The number of para-hydroxylation sites is 1. The molecule has 1 aliphatic rings. The highest BCUT2D eigenvalue weighted by atomic mass is 16.2. The number of aryl methyl sites for hydroxylation is 2. The Labute approximate surface area is 138 Å². The van der Waals surface area contributed by atoms with Crippen LogP contribution in [0.25, 0.3) is 0 Å². The number of benzene rings is 1. The second-order valence-corrected chi connectivity index (χ2v) is 6.47. The van der Waals surface area contributed by atoms with Gasteiger partial charge in [-0.15, -0.1) is 0 Å². The summed E-state index contributed by atoms with van der Waals surface area (Å²) in [5.74, 6) is -0.227. The molecule has 126 valence electrons. The molecule has 1 aromatic rings. The van der Waals surface area contributed by atoms with Gasteiger partial charge in [-0.2, -0.15) is 0 Å². The third-order valence-electron chi connectivity index (χ3n) is 4.67. The molecule has 0 bridgehead atoms. The minimum absolute atomic E-state index is 0.0181. The van der Waals surface area contributed by atoms with E-state index >= 15 is 0 Å². The van der Waals surface area contributed by atoms with Gasteiger partial charge in [-0.25, -0.2) is 0 Å². The fraction of sp³-hybridized carbons (Fsp3) is 0.556. The van der Waals surface area contributed by atoms with E-state index < -0.39 is 0 Å². The van der Waals surface area contributed by atoms with Crippen molar-refractivity contribution in [1.82, 2.24) is 5.32 Å². The Kier molecular flexibility index (Phi) is 6.16. The number of carbonyl (C=O) groups excluding carboxylic acids is 2. The van der Waals surface area contributed by atoms with Gasteiger partial charge in [-0.1, -0.05) is 18.2 Å². The van der Waals surface area contributed by atoms with Gasteiger partial charge < -0.3 is 15.5 Å². The van der Waals surface area contributed by atoms with E-state index in [0.717, 1.165) is 29.9 Å². The predicted molar refractivity (Wildman–Crippen MR) is 91.6 cm³/mol. The number of piperidine rings is 1. The molecule has 2 rings (SSSR count). The van der Waals surface area contributed by atoms with Crippen molar-refractivity contribution in [2.24, 2.45) is 0 Å². The van der Waals surface area contributed by atoms with Gasteiger partial charge in [-0.3, -0.25) is 9.59 Å². The van der Waals surface area contributed by atoms with Crippen molar-refractivity contribution in [2.45, 2.75) is 46.1 Å². The molecular weight excluding hydrogens is 290 g/mol. The lowest BCUT2D eigenvalue weighted by molar-refractivity contribution is -0.918. The average Bonchev–Trinajstić information content (AvgIpc) is 2.56. The van der Waals surface area contributed by atoms with Gasteiger partial charge in [-0.05, 0) is 51.2 Å². The quantitative estimate of drug-likeness (QED) is 0.752. The van der Waals surface area contributed by atoms with Crippen molar-refractivity contribution >= 4 is 17.5 Å². The molecule has 1 fully saturated rings. The lowest BCUT2D eigenvalue weighted by Crippen LogP contribution is -3.17. The number of anilines is 1. The monoisotopic (exact) mass is 318 g/mol. The molecule has 0 spiro atoms. The molecule has 0 saturated carbocycles. The lowest BCUT2D eigenvalue weighted by atomic mass is 10.1. The fourth-order valence-electron chi connectivity index (χ4n) is 3.14. The number of rotatable bonds is 5. The summed E-state index contributed by atoms with van der Waals surface area (Å²) in [6.45, 7) is 7.97. The van der Waals surface area contributed by atoms with Gasteiger partial charge in [0.15, 0.2) is 6.04 Å². The van der Waals surface area contributed by atoms with Crippen LogP contribution in [0.15, 0.2) is 18.2 Å². The molecule has 5 heteroatoms. The summed E-state index contributed by atoms with van der Waals surface area (Å²) in [4.78, 5) is 25.6. The molecular formula is C18H28N3O2+. The van der Waals surface area contributed by atoms with E-state index in [9.17, 15) is 9.59 Å². The molecule has 5 nitrogen and oxygen atoms in total. The van der Waals surface area contributed by atoms with Crippen LogP contribution in [0.2, 0.25) is 0 Å². The van der Waals surface area contributed by atoms with Crippen molar-refractivity contribution in [1.29, 1.82) is 0 Å². The number of hydrogen-bond acceptors (Lipinski definition) is 2. The van der Waals surface area contributed by atoms with E-state index in [2.05, 4.69) is 10.6 Å². The van der Waals surface area contributed by atoms with Gasteiger partial charge in [0.2, 0.25) is 5.91 Å². The molecule has 1 atom stereocenters. The summed E-state index contributed by atoms with van der Waals surface area (Å²) in [5.41, 5.74) is 2.88. The zero-order valence-electron chi connectivity index (χ0n) is 14.4. The van der Waals surface area contributed by atoms with Crippen LogP contribution in [-0.4, -0.2) is 37.5 Å². The fourth-order valence-corrected chi connectivity index (χ4v) is 3.14. The molecule has 1 aromatic carbocycles. The van der Waals surface area contributed by atoms with Crippen LogP contribution < -0.4 is 15.5 Å². The van der Waals surface area contributed by atoms with Gasteiger partial charge in [0.05, 0.1) is 19.6 Å². The summed E-state index contributed by atoms with van der Waals surface area (Å²) in [6.07, 6.45) is 3.62. The molecule has 0 radical (unpaired) electrons. The van der Waals surface area contributed by atoms with E-state index in [-0.39, 0.29) is 24.4 Å². The van der Waals surface area contributed by atoms with E-state index in [1.165, 1.54) is 24.2 Å². The summed E-state index contributed by atoms with van der Waals surface area (Å²) in [5, 5.41) is 5.66. The second kappa shape index (κ2) is 8.11. The van der Waals surface area contributed by atoms with Crippen LogP contribution in [0, 0.1) is 13.8 Å². The minimum Gasteiger partial charge on any atom is -0.342 e. The van der Waals surface area contributed by atoms with Gasteiger partial charge in [0, 0.05) is 5.69 Å². The molecule has 0 aromatic heterocycles. The first-order valence-corrected chi connectivity index (χ1v) is 8.47. The molecule has 1 aliphatic heterocycles. The Morgan fingerprint density at radius 2 is 1.74 bits per heavy atom. The van der Waals surface area contributed by atoms with E-state index in [0.29, 0.717) is 0 Å². The summed E-state index contributed by atoms with van der Waals surface area (Å²) < 4.78 is 0. The summed E-state index contributed by atoms with van der Waals surface area (Å²) in [6, 6.07) is 5.79. The maximum absolute atomic E-state index is 12.2. The van der Waals surface area contributed by atoms with Crippen LogP contribution in [0.1, 0.15) is 37.3 Å². The Morgan fingerprint density at radius 1 is 1.13 bits per heavy atom. The molecule has 2 amide bonds. The highest BCUT2D eigenvalue weighted by Gasteiger charge is 2.26. The van der Waals surface area contributed by atoms with Gasteiger partial charge in [0.25, 0.3) is 5.91 Å². The van der Waals surface area contributed by atoms with Gasteiger partial charge >= 0.3 is 0 Å². The first-order valence-electron chi connectivity index (χ1n) is 8.47. The largest absolute Gasteiger partial charge is 0.342 e. The molecule has 1 saturated heterocycles. The van der Waals surface area contributed by atoms with Crippen LogP contribution in [-0.2, 0) is 9.59 Å². The van der Waals surface area contributed by atoms with Crippen LogP contribution in [0.4, 0.5) is 5.69 Å². The number of quaternary nitrogens is 1. The smallest absolute Gasteiger partial charge is 0.278 e. The standard InChI is InChI=1S/C18H27N3O2/c1-13-8-7-9-14(2)17(13)20-16(22)12-19-18(23)15(3)21-10-5-4-6-11-21/h7-9,15H,4-6,10-12H2,1-3H3,(H,19,23)(H,20,22)/p+1/t15-/m0/s1. The molecule has 0 aliphatic carbocycles. The number of likely N-dealkylation sites (tertiary alicyclic amines) is 1. The number of hydrogen-bond donors (Lipinski definition) is 3.